The van der Waals surface area contributed by atoms with Gasteiger partial charge in [0.2, 0.25) is 0 Å². The van der Waals surface area contributed by atoms with Gasteiger partial charge in [-0.05, 0) is 36.2 Å². The molecule has 28 heavy (non-hydrogen) atoms. The highest BCUT2D eigenvalue weighted by Gasteiger charge is 2.29. The first kappa shape index (κ1) is 19.9. The first-order valence-corrected chi connectivity index (χ1v) is 8.97. The molecule has 1 fully saturated rings. The van der Waals surface area contributed by atoms with Gasteiger partial charge in [-0.25, -0.2) is 13.6 Å². The molecule has 0 unspecified atom stereocenters. The third-order valence-electron chi connectivity index (χ3n) is 4.56. The van der Waals surface area contributed by atoms with Crippen molar-refractivity contribution >= 4 is 11.7 Å². The number of carbonyl (C=O) groups is 1. The number of likely N-dealkylation sites (tertiary alicyclic amines) is 1. The maximum atomic E-state index is 13.5. The lowest BCUT2D eigenvalue weighted by molar-refractivity contribution is 0.143. The van der Waals surface area contributed by atoms with Gasteiger partial charge in [0, 0.05) is 19.2 Å². The van der Waals surface area contributed by atoms with E-state index in [-0.39, 0.29) is 31.4 Å². The molecule has 6 nitrogen and oxygen atoms in total. The molecule has 1 aliphatic heterocycles. The second kappa shape index (κ2) is 8.88. The van der Waals surface area contributed by atoms with Crippen molar-refractivity contribution < 1.29 is 23.0 Å². The zero-order valence-electron chi connectivity index (χ0n) is 15.5. The Morgan fingerprint density at radius 2 is 2.14 bits per heavy atom. The van der Waals surface area contributed by atoms with Crippen LogP contribution >= 0.6 is 0 Å². The Hall–Kier alpha value is -2.87. The predicted molar refractivity (Wildman–Crippen MR) is 102 cm³/mol. The Kier molecular flexibility index (Phi) is 6.30. The summed E-state index contributed by atoms with van der Waals surface area (Å²) in [5, 5.41) is 2.78. The van der Waals surface area contributed by atoms with Gasteiger partial charge in [-0.1, -0.05) is 12.1 Å². The summed E-state index contributed by atoms with van der Waals surface area (Å²) in [5.41, 5.74) is 6.95. The summed E-state index contributed by atoms with van der Waals surface area (Å²) in [7, 11) is 1.50. The van der Waals surface area contributed by atoms with Gasteiger partial charge in [-0.3, -0.25) is 0 Å². The lowest BCUT2D eigenvalue weighted by atomic mass is 10.1. The van der Waals surface area contributed by atoms with Crippen molar-refractivity contribution in [1.29, 1.82) is 0 Å². The Bertz CT molecular complexity index is 834. The monoisotopic (exact) mass is 391 g/mol. The molecule has 0 saturated carbocycles. The number of nitrogens with one attached hydrogen (secondary N) is 1. The van der Waals surface area contributed by atoms with Crippen LogP contribution in [0.15, 0.2) is 42.5 Å². The number of alkyl halides is 1. The molecule has 1 heterocycles. The van der Waals surface area contributed by atoms with Crippen LogP contribution in [0.4, 0.5) is 19.3 Å². The highest BCUT2D eigenvalue weighted by molar-refractivity contribution is 5.91. The first-order chi connectivity index (χ1) is 13.5. The summed E-state index contributed by atoms with van der Waals surface area (Å²) >= 11 is 0. The maximum absolute atomic E-state index is 13.5. The van der Waals surface area contributed by atoms with Crippen molar-refractivity contribution in [2.75, 3.05) is 25.5 Å². The molecule has 0 radical (unpaired) electrons. The number of carbonyl (C=O) groups excluding carboxylic acids is 1. The minimum absolute atomic E-state index is 0.150. The quantitative estimate of drug-likeness (QED) is 0.820. The molecular weight excluding hydrogens is 368 g/mol. The van der Waals surface area contributed by atoms with E-state index in [0.717, 1.165) is 5.56 Å². The summed E-state index contributed by atoms with van der Waals surface area (Å²) in [4.78, 5) is 14.0. The molecule has 2 amide bonds. The number of halogens is 2. The van der Waals surface area contributed by atoms with E-state index >= 15 is 0 Å². The van der Waals surface area contributed by atoms with E-state index in [4.69, 9.17) is 15.2 Å². The number of hydrogen-bond donors (Lipinski definition) is 2. The van der Waals surface area contributed by atoms with Crippen LogP contribution in [0, 0.1) is 5.82 Å². The lowest BCUT2D eigenvalue weighted by Crippen LogP contribution is -2.52. The molecule has 1 aliphatic rings. The summed E-state index contributed by atoms with van der Waals surface area (Å²) in [6.07, 6.45) is -0.880. The fraction of sp³-hybridized carbons (Fsp3) is 0.350. The number of piperidine rings is 1. The van der Waals surface area contributed by atoms with E-state index in [1.807, 2.05) is 0 Å². The Balaban J connectivity index is 1.67. The van der Waals surface area contributed by atoms with Gasteiger partial charge in [0.15, 0.2) is 0 Å². The van der Waals surface area contributed by atoms with Gasteiger partial charge in [-0.2, -0.15) is 0 Å². The number of benzene rings is 2. The number of urea groups is 1. The largest absolute Gasteiger partial charge is 0.495 e. The van der Waals surface area contributed by atoms with Crippen LogP contribution in [-0.4, -0.2) is 43.3 Å². The van der Waals surface area contributed by atoms with E-state index in [2.05, 4.69) is 5.32 Å². The highest BCUT2D eigenvalue weighted by atomic mass is 19.1. The molecule has 2 atom stereocenters. The second-order valence-corrected chi connectivity index (χ2v) is 6.63. The van der Waals surface area contributed by atoms with Crippen LogP contribution in [0.3, 0.4) is 0 Å². The van der Waals surface area contributed by atoms with Gasteiger partial charge >= 0.3 is 6.03 Å². The van der Waals surface area contributed by atoms with Crippen molar-refractivity contribution in [3.05, 3.63) is 53.8 Å². The van der Waals surface area contributed by atoms with Crippen molar-refractivity contribution in [2.24, 2.45) is 5.73 Å². The zero-order valence-corrected chi connectivity index (χ0v) is 15.5. The summed E-state index contributed by atoms with van der Waals surface area (Å²) < 4.78 is 37.7. The summed E-state index contributed by atoms with van der Waals surface area (Å²) in [5.74, 6) is 0.507. The van der Waals surface area contributed by atoms with Crippen LogP contribution in [0.25, 0.3) is 0 Å². The van der Waals surface area contributed by atoms with Crippen LogP contribution in [0.2, 0.25) is 0 Å². The first-order valence-electron chi connectivity index (χ1n) is 8.97. The van der Waals surface area contributed by atoms with Gasteiger partial charge < -0.3 is 25.4 Å². The molecule has 0 aliphatic carbocycles. The summed E-state index contributed by atoms with van der Waals surface area (Å²) in [6.45, 7) is 0.636. The van der Waals surface area contributed by atoms with E-state index in [0.29, 0.717) is 23.7 Å². The molecule has 8 heteroatoms. The number of ether oxygens (including phenoxy) is 2. The third kappa shape index (κ3) is 4.89. The maximum Gasteiger partial charge on any atom is 0.322 e. The number of anilines is 1. The summed E-state index contributed by atoms with van der Waals surface area (Å²) in [6, 6.07) is 10.0. The standard InChI is InChI=1S/C20H23F2N3O3/c1-27-19-6-5-13(12-28-15-4-2-3-14(21)10-15)9-18(19)24-20(26)25-8-7-16(22)17(23)11-25/h2-6,9-10,16-17H,7-8,11-12,23H2,1H3,(H,24,26)/t16-,17-/m1/s1. The number of amides is 2. The SMILES string of the molecule is COc1ccc(COc2cccc(F)c2)cc1NC(=O)N1CC[C@@H](F)[C@H](N)C1. The van der Waals surface area contributed by atoms with E-state index < -0.39 is 12.2 Å². The highest BCUT2D eigenvalue weighted by Crippen LogP contribution is 2.27. The number of rotatable bonds is 5. The molecule has 1 saturated heterocycles. The average molecular weight is 391 g/mol. The molecule has 0 spiro atoms. The Morgan fingerprint density at radius 3 is 2.86 bits per heavy atom. The number of methoxy groups -OCH3 is 1. The molecule has 3 N–H and O–H groups in total. The number of nitrogens with two attached hydrogens (primary N) is 1. The van der Waals surface area contributed by atoms with Gasteiger partial charge in [0.1, 0.15) is 30.1 Å². The van der Waals surface area contributed by atoms with Crippen molar-refractivity contribution in [2.45, 2.75) is 25.2 Å². The van der Waals surface area contributed by atoms with E-state index in [1.54, 1.807) is 30.3 Å². The third-order valence-corrected chi connectivity index (χ3v) is 4.56. The molecule has 0 aromatic heterocycles. The fourth-order valence-electron chi connectivity index (χ4n) is 3.00. The smallest absolute Gasteiger partial charge is 0.322 e. The normalized spacial score (nSPS) is 19.2. The van der Waals surface area contributed by atoms with Crippen LogP contribution in [0.1, 0.15) is 12.0 Å². The number of nitrogens with zero attached hydrogens (tertiary/aromatic N) is 1. The molecule has 2 aromatic rings. The van der Waals surface area contributed by atoms with Gasteiger partial charge in [0.05, 0.1) is 18.8 Å². The molecule has 2 aromatic carbocycles. The second-order valence-electron chi connectivity index (χ2n) is 6.63. The molecule has 0 bridgehead atoms. The Morgan fingerprint density at radius 1 is 1.32 bits per heavy atom. The van der Waals surface area contributed by atoms with Crippen LogP contribution in [0.5, 0.6) is 11.5 Å². The van der Waals surface area contributed by atoms with Crippen LogP contribution < -0.4 is 20.5 Å². The van der Waals surface area contributed by atoms with E-state index in [9.17, 15) is 13.6 Å². The van der Waals surface area contributed by atoms with E-state index in [1.165, 1.54) is 24.1 Å². The minimum atomic E-state index is -1.10. The minimum Gasteiger partial charge on any atom is -0.495 e. The Labute approximate surface area is 162 Å². The van der Waals surface area contributed by atoms with Crippen molar-refractivity contribution in [3.8, 4) is 11.5 Å². The lowest BCUT2D eigenvalue weighted by Gasteiger charge is -2.33. The van der Waals surface area contributed by atoms with Gasteiger partial charge in [-0.15, -0.1) is 0 Å². The topological polar surface area (TPSA) is 76.8 Å². The van der Waals surface area contributed by atoms with Crippen LogP contribution in [-0.2, 0) is 6.61 Å². The zero-order chi connectivity index (χ0) is 20.1. The average Bonchev–Trinajstić information content (AvgIpc) is 2.68. The fourth-order valence-corrected chi connectivity index (χ4v) is 3.00. The van der Waals surface area contributed by atoms with Crippen molar-refractivity contribution in [3.63, 3.8) is 0 Å². The molecule has 150 valence electrons. The molecular formula is C20H23F2N3O3. The molecule has 3 rings (SSSR count). The number of hydrogen-bond acceptors (Lipinski definition) is 4. The van der Waals surface area contributed by atoms with Gasteiger partial charge in [0.25, 0.3) is 0 Å². The van der Waals surface area contributed by atoms with Crippen molar-refractivity contribution in [1.82, 2.24) is 4.90 Å². The predicted octanol–water partition coefficient (Wildman–Crippen LogP) is 3.32.